The number of ether oxygens (including phenoxy) is 2. The van der Waals surface area contributed by atoms with Crippen LogP contribution in [-0.4, -0.2) is 84.7 Å². The van der Waals surface area contributed by atoms with Crippen molar-refractivity contribution in [2.45, 2.75) is 53.8 Å². The minimum absolute atomic E-state index is 0.291. The molecule has 2 N–H and O–H groups in total. The molecule has 1 aliphatic heterocycles. The topological polar surface area (TPSA) is 65.4 Å². The number of piperazine rings is 1. The summed E-state index contributed by atoms with van der Waals surface area (Å²) in [7, 11) is 0. The Morgan fingerprint density at radius 1 is 0.618 bits per heavy atom. The van der Waals surface area contributed by atoms with Crippen molar-refractivity contribution in [3.05, 3.63) is 57.6 Å². The lowest BCUT2D eigenvalue weighted by Gasteiger charge is -2.36. The van der Waals surface area contributed by atoms with Crippen LogP contribution < -0.4 is 9.47 Å². The third kappa shape index (κ3) is 7.44. The maximum Gasteiger partial charge on any atom is 0.125 e. The van der Waals surface area contributed by atoms with Crippen molar-refractivity contribution in [1.29, 1.82) is 0 Å². The second-order valence-corrected chi connectivity index (χ2v) is 9.99. The van der Waals surface area contributed by atoms with Gasteiger partial charge in [-0.05, 0) is 63.8 Å². The van der Waals surface area contributed by atoms with Gasteiger partial charge in [0.15, 0.2) is 0 Å². The van der Waals surface area contributed by atoms with Crippen molar-refractivity contribution < 1.29 is 19.7 Å². The summed E-state index contributed by atoms with van der Waals surface area (Å²) >= 11 is 0. The van der Waals surface area contributed by atoms with E-state index in [1.807, 2.05) is 27.7 Å². The molecule has 1 aliphatic rings. The van der Waals surface area contributed by atoms with Gasteiger partial charge in [0.05, 0.1) is 0 Å². The quantitative estimate of drug-likeness (QED) is 0.555. The average Bonchev–Trinajstić information content (AvgIpc) is 2.73. The molecule has 1 saturated heterocycles. The van der Waals surface area contributed by atoms with Crippen LogP contribution in [0.25, 0.3) is 0 Å². The highest BCUT2D eigenvalue weighted by Gasteiger charge is 2.22. The van der Waals surface area contributed by atoms with E-state index in [0.29, 0.717) is 26.3 Å². The Kier molecular flexibility index (Phi) is 9.37. The zero-order chi connectivity index (χ0) is 24.8. The molecule has 0 aliphatic carbocycles. The van der Waals surface area contributed by atoms with Crippen molar-refractivity contribution in [3.8, 4) is 11.5 Å². The fourth-order valence-electron chi connectivity index (χ4n) is 5.00. The van der Waals surface area contributed by atoms with Crippen LogP contribution in [-0.2, 0) is 0 Å². The van der Waals surface area contributed by atoms with Crippen LogP contribution in [0.1, 0.15) is 33.4 Å². The molecule has 0 saturated carbocycles. The summed E-state index contributed by atoms with van der Waals surface area (Å²) in [5.41, 5.74) is 6.86. The van der Waals surface area contributed by atoms with Gasteiger partial charge in [-0.25, -0.2) is 0 Å². The largest absolute Gasteiger partial charge is 0.490 e. The molecule has 6 nitrogen and oxygen atoms in total. The first-order valence-electron chi connectivity index (χ1n) is 12.3. The first-order valence-corrected chi connectivity index (χ1v) is 12.3. The molecule has 34 heavy (non-hydrogen) atoms. The number of hydrogen-bond acceptors (Lipinski definition) is 6. The van der Waals surface area contributed by atoms with E-state index in [-0.39, 0.29) is 0 Å². The summed E-state index contributed by atoms with van der Waals surface area (Å²) in [6, 6.07) is 8.43. The molecular formula is C28H42N2O4. The maximum absolute atomic E-state index is 10.5. The molecular weight excluding hydrogens is 428 g/mol. The fourth-order valence-corrected chi connectivity index (χ4v) is 5.00. The Morgan fingerprint density at radius 2 is 0.912 bits per heavy atom. The van der Waals surface area contributed by atoms with Gasteiger partial charge in [0.25, 0.3) is 0 Å². The Balaban J connectivity index is 1.37. The molecule has 0 radical (unpaired) electrons. The Labute approximate surface area is 205 Å². The molecule has 0 amide bonds. The van der Waals surface area contributed by atoms with Gasteiger partial charge in [0.2, 0.25) is 0 Å². The number of nitrogens with zero attached hydrogens (tertiary/aromatic N) is 2. The van der Waals surface area contributed by atoms with Gasteiger partial charge in [-0.3, -0.25) is 9.80 Å². The molecule has 2 aromatic carbocycles. The van der Waals surface area contributed by atoms with Crippen LogP contribution in [0, 0.1) is 41.5 Å². The highest BCUT2D eigenvalue weighted by atomic mass is 16.5. The number of rotatable bonds is 10. The molecule has 0 bridgehead atoms. The van der Waals surface area contributed by atoms with Crippen molar-refractivity contribution >= 4 is 0 Å². The van der Waals surface area contributed by atoms with E-state index in [1.165, 1.54) is 11.1 Å². The van der Waals surface area contributed by atoms with E-state index in [1.54, 1.807) is 0 Å². The molecule has 1 heterocycles. The summed E-state index contributed by atoms with van der Waals surface area (Å²) in [5.74, 6) is 1.75. The van der Waals surface area contributed by atoms with Crippen LogP contribution in [0.3, 0.4) is 0 Å². The van der Waals surface area contributed by atoms with Gasteiger partial charge in [-0.1, -0.05) is 35.4 Å². The summed E-state index contributed by atoms with van der Waals surface area (Å²) < 4.78 is 11.9. The molecule has 188 valence electrons. The van der Waals surface area contributed by atoms with Crippen molar-refractivity contribution in [1.82, 2.24) is 9.80 Å². The lowest BCUT2D eigenvalue weighted by Crippen LogP contribution is -2.51. The standard InChI is InChI=1S/C28H42N2O4/c1-19-11-21(3)27(22(4)12-19)33-17-25(31)15-29-7-9-30(10-8-29)16-26(32)18-34-28-23(5)13-20(2)14-24(28)6/h11-14,25-26,31-32H,7-10,15-18H2,1-6H3/t25-,26-/m0/s1. The number of aryl methyl sites for hydroxylation is 6. The molecule has 2 aromatic rings. The number of aliphatic hydroxyl groups is 2. The predicted octanol–water partition coefficient (Wildman–Crippen LogP) is 3.33. The van der Waals surface area contributed by atoms with Gasteiger partial charge >= 0.3 is 0 Å². The maximum atomic E-state index is 10.5. The van der Waals surface area contributed by atoms with Gasteiger partial charge in [0.1, 0.15) is 36.9 Å². The third-order valence-corrected chi connectivity index (χ3v) is 6.45. The van der Waals surface area contributed by atoms with Gasteiger partial charge < -0.3 is 19.7 Å². The van der Waals surface area contributed by atoms with Crippen molar-refractivity contribution in [2.75, 3.05) is 52.5 Å². The molecule has 6 heteroatoms. The molecule has 3 rings (SSSR count). The second-order valence-electron chi connectivity index (χ2n) is 9.99. The smallest absolute Gasteiger partial charge is 0.125 e. The van der Waals surface area contributed by atoms with Crippen LogP contribution in [0.4, 0.5) is 0 Å². The number of benzene rings is 2. The predicted molar refractivity (Wildman–Crippen MR) is 137 cm³/mol. The summed E-state index contributed by atoms with van der Waals surface area (Å²) in [6.45, 7) is 17.6. The minimum Gasteiger partial charge on any atom is -0.490 e. The average molecular weight is 471 g/mol. The summed E-state index contributed by atoms with van der Waals surface area (Å²) in [4.78, 5) is 4.53. The van der Waals surface area contributed by atoms with Gasteiger partial charge in [-0.15, -0.1) is 0 Å². The van der Waals surface area contributed by atoms with Gasteiger partial charge in [-0.2, -0.15) is 0 Å². The molecule has 2 atom stereocenters. The third-order valence-electron chi connectivity index (χ3n) is 6.45. The van der Waals surface area contributed by atoms with E-state index >= 15 is 0 Å². The lowest BCUT2D eigenvalue weighted by molar-refractivity contribution is 0.0238. The van der Waals surface area contributed by atoms with Crippen LogP contribution in [0.2, 0.25) is 0 Å². The van der Waals surface area contributed by atoms with Crippen molar-refractivity contribution in [3.63, 3.8) is 0 Å². The van der Waals surface area contributed by atoms with E-state index in [9.17, 15) is 10.2 Å². The molecule has 0 aromatic heterocycles. The van der Waals surface area contributed by atoms with Crippen LogP contribution in [0.5, 0.6) is 11.5 Å². The van der Waals surface area contributed by atoms with E-state index < -0.39 is 12.2 Å². The first kappa shape index (κ1) is 26.5. The normalized spacial score (nSPS) is 16.9. The summed E-state index contributed by atoms with van der Waals surface area (Å²) in [6.07, 6.45) is -1.07. The Hall–Kier alpha value is -2.12. The zero-order valence-electron chi connectivity index (χ0n) is 21.7. The Bertz CT molecular complexity index is 830. The van der Waals surface area contributed by atoms with E-state index in [4.69, 9.17) is 9.47 Å². The fraction of sp³-hybridized carbons (Fsp3) is 0.571. The highest BCUT2D eigenvalue weighted by Crippen LogP contribution is 2.25. The lowest BCUT2D eigenvalue weighted by atomic mass is 10.1. The van der Waals surface area contributed by atoms with Gasteiger partial charge in [0, 0.05) is 39.3 Å². The molecule has 1 fully saturated rings. The van der Waals surface area contributed by atoms with E-state index in [2.05, 4.69) is 47.9 Å². The molecule has 0 spiro atoms. The zero-order valence-corrected chi connectivity index (χ0v) is 21.7. The van der Waals surface area contributed by atoms with E-state index in [0.717, 1.165) is 59.9 Å². The monoisotopic (exact) mass is 470 g/mol. The van der Waals surface area contributed by atoms with Crippen molar-refractivity contribution in [2.24, 2.45) is 0 Å². The number of aliphatic hydroxyl groups excluding tert-OH is 2. The molecule has 0 unspecified atom stereocenters. The minimum atomic E-state index is -0.536. The summed E-state index contributed by atoms with van der Waals surface area (Å²) in [5, 5.41) is 21.0. The van der Waals surface area contributed by atoms with Crippen LogP contribution in [0.15, 0.2) is 24.3 Å². The SMILES string of the molecule is Cc1cc(C)c(OC[C@@H](O)CN2CCN(C[C@H](O)COc3c(C)cc(C)cc3C)CC2)c(C)c1. The number of β-amino-alcohol motifs (C(OH)–C–C–N with tert-alkyl or cyclic N) is 2. The first-order chi connectivity index (χ1) is 16.1. The highest BCUT2D eigenvalue weighted by molar-refractivity contribution is 5.43. The number of hydrogen-bond donors (Lipinski definition) is 2. The second kappa shape index (κ2) is 12.0. The van der Waals surface area contributed by atoms with Crippen LogP contribution >= 0.6 is 0 Å². The Morgan fingerprint density at radius 3 is 1.21 bits per heavy atom.